The fourth-order valence-electron chi connectivity index (χ4n) is 2.03. The van der Waals surface area contributed by atoms with Crippen molar-refractivity contribution in [3.05, 3.63) is 29.8 Å². The van der Waals surface area contributed by atoms with Gasteiger partial charge in [-0.1, -0.05) is 0 Å². The predicted molar refractivity (Wildman–Crippen MR) is 75.1 cm³/mol. The van der Waals surface area contributed by atoms with Crippen molar-refractivity contribution in [3.63, 3.8) is 0 Å². The zero-order chi connectivity index (χ0) is 13.5. The Morgan fingerprint density at radius 3 is 2.67 bits per heavy atom. The number of para-hydroxylation sites is 1. The summed E-state index contributed by atoms with van der Waals surface area (Å²) >= 11 is 1.47. The molecule has 1 aromatic rings. The summed E-state index contributed by atoms with van der Waals surface area (Å²) < 4.78 is 5.59. The number of carboxylic acid groups (broad SMARTS) is 1. The van der Waals surface area contributed by atoms with E-state index in [0.29, 0.717) is 13.0 Å². The standard InChI is InChI=1S/C14H21AsO3/c1-3-18-13-7-5-4-6-12(13)10(2)8-11(9-15)14(16)17/h4-7,10-11H,3,8-9,15H2,1-2H3,(H,16,17). The van der Waals surface area contributed by atoms with Crippen LogP contribution in [-0.4, -0.2) is 34.5 Å². The van der Waals surface area contributed by atoms with Gasteiger partial charge in [0.2, 0.25) is 0 Å². The molecule has 0 aromatic heterocycles. The summed E-state index contributed by atoms with van der Waals surface area (Å²) in [6.45, 7) is 4.65. The minimum atomic E-state index is -0.694. The second-order valence-corrected chi connectivity index (χ2v) is 5.37. The number of hydrogen-bond acceptors (Lipinski definition) is 2. The molecule has 0 saturated heterocycles. The third kappa shape index (κ3) is 4.06. The van der Waals surface area contributed by atoms with Gasteiger partial charge in [-0.15, -0.1) is 0 Å². The van der Waals surface area contributed by atoms with E-state index < -0.39 is 5.97 Å². The van der Waals surface area contributed by atoms with E-state index in [2.05, 4.69) is 6.92 Å². The Labute approximate surface area is 117 Å². The van der Waals surface area contributed by atoms with Crippen LogP contribution in [0.5, 0.6) is 5.75 Å². The van der Waals surface area contributed by atoms with Gasteiger partial charge in [-0.2, -0.15) is 0 Å². The molecule has 0 saturated carbocycles. The summed E-state index contributed by atoms with van der Waals surface area (Å²) in [6, 6.07) is 7.88. The molecule has 1 aromatic carbocycles. The molecule has 1 N–H and O–H groups in total. The van der Waals surface area contributed by atoms with Crippen molar-refractivity contribution in [3.8, 4) is 5.75 Å². The van der Waals surface area contributed by atoms with E-state index in [-0.39, 0.29) is 11.8 Å². The van der Waals surface area contributed by atoms with Gasteiger partial charge in [-0.05, 0) is 0 Å². The van der Waals surface area contributed by atoms with Crippen LogP contribution >= 0.6 is 0 Å². The van der Waals surface area contributed by atoms with E-state index in [1.54, 1.807) is 0 Å². The van der Waals surface area contributed by atoms with Gasteiger partial charge in [-0.25, -0.2) is 0 Å². The van der Waals surface area contributed by atoms with E-state index in [1.807, 2.05) is 31.2 Å². The number of hydrogen-bond donors (Lipinski definition) is 1. The molecule has 0 spiro atoms. The Kier molecular flexibility index (Phi) is 6.27. The Morgan fingerprint density at radius 2 is 2.11 bits per heavy atom. The van der Waals surface area contributed by atoms with Crippen molar-refractivity contribution < 1.29 is 14.6 Å². The van der Waals surface area contributed by atoms with Gasteiger partial charge in [0.15, 0.2) is 0 Å². The maximum atomic E-state index is 11.1. The quantitative estimate of drug-likeness (QED) is 0.786. The second kappa shape index (κ2) is 7.48. The number of carboxylic acids is 1. The van der Waals surface area contributed by atoms with Crippen LogP contribution in [0.4, 0.5) is 0 Å². The molecule has 0 radical (unpaired) electrons. The van der Waals surface area contributed by atoms with Crippen LogP contribution in [0.2, 0.25) is 5.21 Å². The summed E-state index contributed by atoms with van der Waals surface area (Å²) in [6.07, 6.45) is 0.664. The van der Waals surface area contributed by atoms with E-state index in [0.717, 1.165) is 16.5 Å². The van der Waals surface area contributed by atoms with Crippen molar-refractivity contribution in [2.24, 2.45) is 5.92 Å². The van der Waals surface area contributed by atoms with Gasteiger partial charge in [-0.3, -0.25) is 0 Å². The third-order valence-electron chi connectivity index (χ3n) is 3.02. The topological polar surface area (TPSA) is 46.5 Å². The molecule has 0 aliphatic rings. The molecule has 3 unspecified atom stereocenters. The third-order valence-corrected chi connectivity index (χ3v) is 4.22. The Morgan fingerprint density at radius 1 is 1.44 bits per heavy atom. The first kappa shape index (κ1) is 15.1. The molecular weight excluding hydrogens is 291 g/mol. The first-order valence-electron chi connectivity index (χ1n) is 6.24. The molecule has 0 aliphatic heterocycles. The van der Waals surface area contributed by atoms with E-state index in [9.17, 15) is 4.79 Å². The zero-order valence-corrected chi connectivity index (χ0v) is 13.3. The van der Waals surface area contributed by atoms with Crippen LogP contribution < -0.4 is 4.74 Å². The monoisotopic (exact) mass is 312 g/mol. The Bertz CT molecular complexity index is 392. The molecular formula is C14H21AsO3. The molecule has 100 valence electrons. The van der Waals surface area contributed by atoms with Crippen LogP contribution in [0.15, 0.2) is 24.3 Å². The predicted octanol–water partition coefficient (Wildman–Crippen LogP) is 2.33. The van der Waals surface area contributed by atoms with E-state index in [1.165, 1.54) is 16.9 Å². The number of rotatable bonds is 7. The maximum absolute atomic E-state index is 11.1. The van der Waals surface area contributed by atoms with Crippen molar-refractivity contribution in [2.75, 3.05) is 6.61 Å². The molecule has 1 rings (SSSR count). The molecule has 4 heteroatoms. The van der Waals surface area contributed by atoms with Gasteiger partial charge in [0.25, 0.3) is 0 Å². The molecule has 3 atom stereocenters. The molecule has 0 bridgehead atoms. The Balaban J connectivity index is 2.82. The van der Waals surface area contributed by atoms with Gasteiger partial charge in [0.1, 0.15) is 0 Å². The average molecular weight is 312 g/mol. The van der Waals surface area contributed by atoms with Crippen molar-refractivity contribution >= 4 is 22.8 Å². The molecule has 0 heterocycles. The summed E-state index contributed by atoms with van der Waals surface area (Å²) in [5.74, 6) is 0.123. The Hall–Kier alpha value is -0.952. The number of aliphatic carboxylic acids is 1. The summed E-state index contributed by atoms with van der Waals surface area (Å²) in [4.78, 5) is 11.1. The SMILES string of the molecule is CCOc1ccccc1C(C)CC(C[AsH2])C(=O)O. The number of benzene rings is 1. The van der Waals surface area contributed by atoms with Crippen LogP contribution in [0.1, 0.15) is 31.7 Å². The number of carbonyl (C=O) groups is 1. The summed E-state index contributed by atoms with van der Waals surface area (Å²) in [5.41, 5.74) is 1.10. The molecule has 0 fully saturated rings. The van der Waals surface area contributed by atoms with Crippen LogP contribution in [0.25, 0.3) is 0 Å². The van der Waals surface area contributed by atoms with Crippen molar-refractivity contribution in [2.45, 2.75) is 31.4 Å². The van der Waals surface area contributed by atoms with Gasteiger partial charge in [0, 0.05) is 0 Å². The first-order chi connectivity index (χ1) is 8.60. The van der Waals surface area contributed by atoms with Crippen LogP contribution in [0, 0.1) is 5.92 Å². The molecule has 18 heavy (non-hydrogen) atoms. The van der Waals surface area contributed by atoms with E-state index >= 15 is 0 Å². The second-order valence-electron chi connectivity index (χ2n) is 4.38. The van der Waals surface area contributed by atoms with Gasteiger partial charge in [0.05, 0.1) is 0 Å². The molecule has 3 nitrogen and oxygen atoms in total. The number of ether oxygens (including phenoxy) is 1. The first-order valence-corrected chi connectivity index (χ1v) is 7.96. The van der Waals surface area contributed by atoms with Crippen molar-refractivity contribution in [1.82, 2.24) is 0 Å². The van der Waals surface area contributed by atoms with Gasteiger partial charge >= 0.3 is 117 Å². The minimum absolute atomic E-state index is 0.199. The summed E-state index contributed by atoms with van der Waals surface area (Å²) in [7, 11) is 0. The van der Waals surface area contributed by atoms with Gasteiger partial charge < -0.3 is 0 Å². The van der Waals surface area contributed by atoms with Crippen molar-refractivity contribution in [1.29, 1.82) is 0 Å². The van der Waals surface area contributed by atoms with Crippen LogP contribution in [0.3, 0.4) is 0 Å². The fraction of sp³-hybridized carbons (Fsp3) is 0.500. The molecule has 0 aliphatic carbocycles. The fourth-order valence-corrected chi connectivity index (χ4v) is 2.85. The average Bonchev–Trinajstić information content (AvgIpc) is 2.36. The van der Waals surface area contributed by atoms with Crippen LogP contribution in [-0.2, 0) is 4.79 Å². The molecule has 0 amide bonds. The van der Waals surface area contributed by atoms with E-state index in [4.69, 9.17) is 9.84 Å². The summed E-state index contributed by atoms with van der Waals surface area (Å²) in [5, 5.41) is 9.85. The zero-order valence-electron chi connectivity index (χ0n) is 10.9. The normalized spacial score (nSPS) is 13.9.